The van der Waals surface area contributed by atoms with E-state index in [0.717, 1.165) is 17.9 Å². The Bertz CT molecular complexity index is 404. The third-order valence-corrected chi connectivity index (χ3v) is 2.82. The van der Waals surface area contributed by atoms with Crippen molar-refractivity contribution in [1.82, 2.24) is 15.1 Å². The third-order valence-electron chi connectivity index (χ3n) is 2.82. The topological polar surface area (TPSA) is 39.1 Å². The second-order valence-electron chi connectivity index (χ2n) is 4.68. The Morgan fingerprint density at radius 2 is 2.10 bits per heavy atom. The van der Waals surface area contributed by atoms with Gasteiger partial charge in [0, 0.05) is 24.7 Å². The fourth-order valence-corrected chi connectivity index (χ4v) is 2.09. The van der Waals surface area contributed by atoms with Gasteiger partial charge in [-0.2, -0.15) is 18.3 Å². The Kier molecular flexibility index (Phi) is 6.48. The molecule has 1 N–H and O–H groups in total. The first-order valence-corrected chi connectivity index (χ1v) is 6.77. The van der Waals surface area contributed by atoms with Gasteiger partial charge in [-0.25, -0.2) is 0 Å². The highest BCUT2D eigenvalue weighted by Crippen LogP contribution is 2.15. The van der Waals surface area contributed by atoms with Gasteiger partial charge in [-0.1, -0.05) is 6.92 Å². The SMILES string of the molecule is CCNC(COCC(F)(F)F)Cc1cc(C)nn1CC. The summed E-state index contributed by atoms with van der Waals surface area (Å²) in [6.45, 7) is 6.04. The molecule has 0 aromatic carbocycles. The molecule has 1 heterocycles. The Morgan fingerprint density at radius 1 is 1.40 bits per heavy atom. The summed E-state index contributed by atoms with van der Waals surface area (Å²) in [4.78, 5) is 0. The third kappa shape index (κ3) is 5.92. The van der Waals surface area contributed by atoms with E-state index in [2.05, 4.69) is 10.4 Å². The number of likely N-dealkylation sites (N-methyl/N-ethyl adjacent to an activating group) is 1. The van der Waals surface area contributed by atoms with Crippen molar-refractivity contribution >= 4 is 0 Å². The second-order valence-corrected chi connectivity index (χ2v) is 4.68. The molecule has 0 aliphatic heterocycles. The molecule has 0 spiro atoms. The summed E-state index contributed by atoms with van der Waals surface area (Å²) in [7, 11) is 0. The van der Waals surface area contributed by atoms with Crippen molar-refractivity contribution in [3.8, 4) is 0 Å². The highest BCUT2D eigenvalue weighted by atomic mass is 19.4. The van der Waals surface area contributed by atoms with E-state index >= 15 is 0 Å². The lowest BCUT2D eigenvalue weighted by Crippen LogP contribution is -2.37. The number of hydrogen-bond donors (Lipinski definition) is 1. The molecule has 0 fully saturated rings. The van der Waals surface area contributed by atoms with Crippen molar-refractivity contribution in [2.24, 2.45) is 0 Å². The van der Waals surface area contributed by atoms with Gasteiger partial charge in [0.1, 0.15) is 6.61 Å². The Morgan fingerprint density at radius 3 is 2.65 bits per heavy atom. The van der Waals surface area contributed by atoms with Crippen molar-refractivity contribution in [3.63, 3.8) is 0 Å². The van der Waals surface area contributed by atoms with Crippen molar-refractivity contribution < 1.29 is 17.9 Å². The molecule has 1 unspecified atom stereocenters. The minimum absolute atomic E-state index is 0.0291. The zero-order valence-corrected chi connectivity index (χ0v) is 12.1. The molecule has 1 atom stereocenters. The molecule has 1 rings (SSSR count). The van der Waals surface area contributed by atoms with Crippen molar-refractivity contribution in [2.45, 2.75) is 46.0 Å². The van der Waals surface area contributed by atoms with Crippen molar-refractivity contribution in [1.29, 1.82) is 0 Å². The van der Waals surface area contributed by atoms with E-state index in [1.165, 1.54) is 0 Å². The Balaban J connectivity index is 2.57. The molecule has 0 aliphatic carbocycles. The van der Waals surface area contributed by atoms with Gasteiger partial charge in [-0.05, 0) is 26.5 Å². The molecule has 1 aromatic rings. The molecule has 7 heteroatoms. The summed E-state index contributed by atoms with van der Waals surface area (Å²) in [5.74, 6) is 0. The quantitative estimate of drug-likeness (QED) is 0.799. The van der Waals surface area contributed by atoms with E-state index in [4.69, 9.17) is 4.74 Å². The smallest absolute Gasteiger partial charge is 0.370 e. The number of aromatic nitrogens is 2. The maximum absolute atomic E-state index is 12.1. The summed E-state index contributed by atoms with van der Waals surface area (Å²) < 4.78 is 42.9. The molecule has 0 saturated carbocycles. The van der Waals surface area contributed by atoms with Gasteiger partial charge in [-0.3, -0.25) is 4.68 Å². The fourth-order valence-electron chi connectivity index (χ4n) is 2.09. The number of nitrogens with zero attached hydrogens (tertiary/aromatic N) is 2. The zero-order valence-electron chi connectivity index (χ0n) is 12.1. The maximum atomic E-state index is 12.1. The second kappa shape index (κ2) is 7.64. The number of aryl methyl sites for hydroxylation is 2. The van der Waals surface area contributed by atoms with Crippen LogP contribution in [0.4, 0.5) is 13.2 Å². The first-order chi connectivity index (χ1) is 9.35. The van der Waals surface area contributed by atoms with Gasteiger partial charge in [0.2, 0.25) is 0 Å². The van der Waals surface area contributed by atoms with Crippen LogP contribution in [0.5, 0.6) is 0 Å². The lowest BCUT2D eigenvalue weighted by molar-refractivity contribution is -0.175. The molecular weight excluding hydrogens is 271 g/mol. The number of ether oxygens (including phenoxy) is 1. The summed E-state index contributed by atoms with van der Waals surface area (Å²) in [5.41, 5.74) is 1.92. The Hall–Kier alpha value is -1.08. The van der Waals surface area contributed by atoms with Crippen molar-refractivity contribution in [2.75, 3.05) is 19.8 Å². The maximum Gasteiger partial charge on any atom is 0.411 e. The molecule has 1 aromatic heterocycles. The highest BCUT2D eigenvalue weighted by Gasteiger charge is 2.28. The molecule has 116 valence electrons. The van der Waals surface area contributed by atoms with Gasteiger partial charge in [0.15, 0.2) is 0 Å². The number of rotatable bonds is 8. The molecule has 0 bridgehead atoms. The van der Waals surface area contributed by atoms with Crippen LogP contribution in [0.3, 0.4) is 0 Å². The summed E-state index contributed by atoms with van der Waals surface area (Å²) in [5, 5.41) is 7.47. The summed E-state index contributed by atoms with van der Waals surface area (Å²) in [6.07, 6.45) is -3.68. The van der Waals surface area contributed by atoms with Crippen molar-refractivity contribution in [3.05, 3.63) is 17.5 Å². The van der Waals surface area contributed by atoms with Gasteiger partial charge < -0.3 is 10.1 Å². The average molecular weight is 293 g/mol. The van der Waals surface area contributed by atoms with Gasteiger partial charge in [-0.15, -0.1) is 0 Å². The van der Waals surface area contributed by atoms with Crippen LogP contribution in [0.1, 0.15) is 25.2 Å². The number of halogens is 3. The molecule has 4 nitrogen and oxygen atoms in total. The molecule has 0 radical (unpaired) electrons. The van der Waals surface area contributed by atoms with E-state index in [1.54, 1.807) is 0 Å². The van der Waals surface area contributed by atoms with E-state index in [0.29, 0.717) is 13.0 Å². The first kappa shape index (κ1) is 17.0. The lowest BCUT2D eigenvalue weighted by atomic mass is 10.1. The molecule has 0 saturated heterocycles. The largest absolute Gasteiger partial charge is 0.411 e. The molecule has 20 heavy (non-hydrogen) atoms. The van der Waals surface area contributed by atoms with E-state index in [1.807, 2.05) is 31.5 Å². The average Bonchev–Trinajstić information content (AvgIpc) is 2.68. The van der Waals surface area contributed by atoms with Gasteiger partial charge in [0.05, 0.1) is 12.3 Å². The van der Waals surface area contributed by atoms with Crippen LogP contribution in [-0.2, 0) is 17.7 Å². The fraction of sp³-hybridized carbons (Fsp3) is 0.769. The minimum Gasteiger partial charge on any atom is -0.370 e. The van der Waals surface area contributed by atoms with Crippen LogP contribution in [-0.4, -0.2) is 41.8 Å². The van der Waals surface area contributed by atoms with E-state index < -0.39 is 12.8 Å². The van der Waals surface area contributed by atoms with Gasteiger partial charge in [0.25, 0.3) is 0 Å². The van der Waals surface area contributed by atoms with E-state index in [9.17, 15) is 13.2 Å². The number of alkyl halides is 3. The van der Waals surface area contributed by atoms with E-state index in [-0.39, 0.29) is 12.6 Å². The van der Waals surface area contributed by atoms with Crippen LogP contribution >= 0.6 is 0 Å². The summed E-state index contributed by atoms with van der Waals surface area (Å²) in [6, 6.07) is 1.81. The molecule has 0 aliphatic rings. The lowest BCUT2D eigenvalue weighted by Gasteiger charge is -2.19. The van der Waals surface area contributed by atoms with Crippen LogP contribution in [0, 0.1) is 6.92 Å². The predicted octanol–water partition coefficient (Wildman–Crippen LogP) is 2.31. The first-order valence-electron chi connectivity index (χ1n) is 6.77. The highest BCUT2D eigenvalue weighted by molar-refractivity contribution is 5.10. The normalized spacial score (nSPS) is 13.7. The monoisotopic (exact) mass is 293 g/mol. The molecular formula is C13H22F3N3O. The zero-order chi connectivity index (χ0) is 15.2. The minimum atomic E-state index is -4.28. The van der Waals surface area contributed by atoms with Crippen LogP contribution in [0.15, 0.2) is 6.07 Å². The number of hydrogen-bond acceptors (Lipinski definition) is 3. The predicted molar refractivity (Wildman–Crippen MR) is 70.7 cm³/mol. The van der Waals surface area contributed by atoms with Crippen LogP contribution in [0.25, 0.3) is 0 Å². The Labute approximate surface area is 117 Å². The van der Waals surface area contributed by atoms with Crippen LogP contribution in [0.2, 0.25) is 0 Å². The number of nitrogens with one attached hydrogen (secondary N) is 1. The summed E-state index contributed by atoms with van der Waals surface area (Å²) >= 11 is 0. The molecule has 0 amide bonds. The van der Waals surface area contributed by atoms with Crippen LogP contribution < -0.4 is 5.32 Å². The standard InChI is InChI=1S/C13H22F3N3O/c1-4-17-11(8-20-9-13(14,15)16)7-12-6-10(3)18-19(12)5-2/h6,11,17H,4-5,7-9H2,1-3H3. The van der Waals surface area contributed by atoms with Gasteiger partial charge >= 0.3 is 6.18 Å².